The van der Waals surface area contributed by atoms with Gasteiger partial charge in [0.15, 0.2) is 0 Å². The fourth-order valence-electron chi connectivity index (χ4n) is 2.70. The number of likely N-dealkylation sites (tertiary alicyclic amines) is 1. The van der Waals surface area contributed by atoms with Crippen LogP contribution in [0, 0.1) is 5.92 Å². The van der Waals surface area contributed by atoms with Crippen LogP contribution in [0.25, 0.3) is 0 Å². The molecule has 0 aromatic heterocycles. The topological polar surface area (TPSA) is 57.6 Å². The third-order valence-corrected chi connectivity index (χ3v) is 3.36. The number of nitrogens with zero attached hydrogens (tertiary/aromatic N) is 1. The zero-order chi connectivity index (χ0) is 10.1. The van der Waals surface area contributed by atoms with E-state index in [0.29, 0.717) is 13.0 Å². The first-order valence-corrected chi connectivity index (χ1v) is 5.22. The molecule has 2 aliphatic rings. The summed E-state index contributed by atoms with van der Waals surface area (Å²) in [6.45, 7) is 0.601. The van der Waals surface area contributed by atoms with Gasteiger partial charge in [-0.15, -0.1) is 0 Å². The number of amides is 1. The van der Waals surface area contributed by atoms with Gasteiger partial charge in [-0.2, -0.15) is 0 Å². The molecule has 0 bridgehead atoms. The van der Waals surface area contributed by atoms with Crippen LogP contribution in [0.15, 0.2) is 0 Å². The van der Waals surface area contributed by atoms with Crippen LogP contribution < -0.4 is 0 Å². The second kappa shape index (κ2) is 3.59. The fraction of sp³-hybridized carbons (Fsp3) is 0.800. The smallest absolute Gasteiger partial charge is 0.407 e. The third kappa shape index (κ3) is 1.49. The van der Waals surface area contributed by atoms with Crippen LogP contribution in [-0.4, -0.2) is 34.5 Å². The Labute approximate surface area is 82.9 Å². The summed E-state index contributed by atoms with van der Waals surface area (Å²) in [6.07, 6.45) is 3.21. The molecular weight excluding hydrogens is 182 g/mol. The molecule has 1 saturated carbocycles. The van der Waals surface area contributed by atoms with Crippen LogP contribution in [0.5, 0.6) is 0 Å². The van der Waals surface area contributed by atoms with Crippen molar-refractivity contribution in [2.24, 2.45) is 5.92 Å². The first-order valence-electron chi connectivity index (χ1n) is 5.22. The molecule has 0 aromatic carbocycles. The number of piperidine rings is 1. The average Bonchev–Trinajstić information content (AvgIpc) is 2.17. The number of fused-ring (bicyclic) bond motifs is 1. The average molecular weight is 197 g/mol. The van der Waals surface area contributed by atoms with E-state index < -0.39 is 6.09 Å². The number of Topliss-reactive ketones (excluding diaryl/α,β-unsaturated/α-hetero) is 1. The second-order valence-electron chi connectivity index (χ2n) is 4.15. The van der Waals surface area contributed by atoms with Gasteiger partial charge in [-0.25, -0.2) is 4.79 Å². The molecule has 2 atom stereocenters. The molecule has 78 valence electrons. The molecule has 0 aromatic rings. The Morgan fingerprint density at radius 1 is 1.36 bits per heavy atom. The third-order valence-electron chi connectivity index (χ3n) is 3.36. The van der Waals surface area contributed by atoms with E-state index in [2.05, 4.69) is 0 Å². The molecule has 1 N–H and O–H groups in total. The lowest BCUT2D eigenvalue weighted by molar-refractivity contribution is -0.128. The van der Waals surface area contributed by atoms with Crippen LogP contribution in [0.3, 0.4) is 0 Å². The largest absolute Gasteiger partial charge is 0.465 e. The Balaban J connectivity index is 2.15. The van der Waals surface area contributed by atoms with Gasteiger partial charge in [-0.3, -0.25) is 4.79 Å². The Bertz CT molecular complexity index is 258. The van der Waals surface area contributed by atoms with Crippen molar-refractivity contribution in [2.75, 3.05) is 6.54 Å². The summed E-state index contributed by atoms with van der Waals surface area (Å²) in [7, 11) is 0. The molecule has 2 rings (SSSR count). The van der Waals surface area contributed by atoms with Crippen molar-refractivity contribution in [3.8, 4) is 0 Å². The number of carbonyl (C=O) groups excluding carboxylic acids is 1. The Morgan fingerprint density at radius 3 is 2.86 bits per heavy atom. The van der Waals surface area contributed by atoms with Gasteiger partial charge in [0, 0.05) is 24.9 Å². The Kier molecular flexibility index (Phi) is 2.44. The molecule has 2 unspecified atom stereocenters. The molecule has 4 heteroatoms. The lowest BCUT2D eigenvalue weighted by atomic mass is 9.77. The van der Waals surface area contributed by atoms with E-state index >= 15 is 0 Å². The lowest BCUT2D eigenvalue weighted by Crippen LogP contribution is -2.51. The summed E-state index contributed by atoms with van der Waals surface area (Å²) < 4.78 is 0. The molecule has 0 spiro atoms. The van der Waals surface area contributed by atoms with Crippen molar-refractivity contribution >= 4 is 11.9 Å². The highest BCUT2D eigenvalue weighted by molar-refractivity contribution is 5.83. The number of hydrogen-bond acceptors (Lipinski definition) is 2. The van der Waals surface area contributed by atoms with Gasteiger partial charge in [0.05, 0.1) is 0 Å². The van der Waals surface area contributed by atoms with Gasteiger partial charge in [-0.05, 0) is 25.7 Å². The zero-order valence-corrected chi connectivity index (χ0v) is 8.11. The number of ketones is 1. The van der Waals surface area contributed by atoms with Gasteiger partial charge in [0.2, 0.25) is 0 Å². The van der Waals surface area contributed by atoms with E-state index in [1.165, 1.54) is 4.90 Å². The van der Waals surface area contributed by atoms with Crippen molar-refractivity contribution in [2.45, 2.75) is 38.1 Å². The summed E-state index contributed by atoms with van der Waals surface area (Å²) in [5.74, 6) is 0.265. The van der Waals surface area contributed by atoms with Gasteiger partial charge in [-0.1, -0.05) is 0 Å². The van der Waals surface area contributed by atoms with Crippen molar-refractivity contribution in [1.82, 2.24) is 4.90 Å². The van der Waals surface area contributed by atoms with E-state index in [4.69, 9.17) is 5.11 Å². The molecule has 1 aliphatic heterocycles. The van der Waals surface area contributed by atoms with Crippen molar-refractivity contribution in [3.05, 3.63) is 0 Å². The Morgan fingerprint density at radius 2 is 2.14 bits per heavy atom. The van der Waals surface area contributed by atoms with E-state index in [9.17, 15) is 9.59 Å². The van der Waals surface area contributed by atoms with Crippen molar-refractivity contribution in [3.63, 3.8) is 0 Å². The SMILES string of the molecule is O=C1CCCC2C1CCCN2C(=O)O. The van der Waals surface area contributed by atoms with Crippen LogP contribution in [0.2, 0.25) is 0 Å². The lowest BCUT2D eigenvalue weighted by Gasteiger charge is -2.41. The number of carboxylic acid groups (broad SMARTS) is 1. The number of hydrogen-bond donors (Lipinski definition) is 1. The van der Waals surface area contributed by atoms with Crippen LogP contribution in [0.4, 0.5) is 4.79 Å². The zero-order valence-electron chi connectivity index (χ0n) is 8.11. The normalized spacial score (nSPS) is 32.6. The van der Waals surface area contributed by atoms with Gasteiger partial charge in [0.1, 0.15) is 5.78 Å². The van der Waals surface area contributed by atoms with Crippen LogP contribution in [-0.2, 0) is 4.79 Å². The second-order valence-corrected chi connectivity index (χ2v) is 4.15. The maximum atomic E-state index is 11.6. The molecule has 14 heavy (non-hydrogen) atoms. The monoisotopic (exact) mass is 197 g/mol. The fourth-order valence-corrected chi connectivity index (χ4v) is 2.70. The van der Waals surface area contributed by atoms with Gasteiger partial charge in [0.25, 0.3) is 0 Å². The predicted molar refractivity (Wildman–Crippen MR) is 50.1 cm³/mol. The quantitative estimate of drug-likeness (QED) is 0.640. The summed E-state index contributed by atoms with van der Waals surface area (Å²) in [4.78, 5) is 24.0. The molecule has 0 radical (unpaired) electrons. The van der Waals surface area contributed by atoms with Crippen molar-refractivity contribution < 1.29 is 14.7 Å². The molecule has 1 aliphatic carbocycles. The summed E-state index contributed by atoms with van der Waals surface area (Å²) >= 11 is 0. The van der Waals surface area contributed by atoms with E-state index in [1.54, 1.807) is 0 Å². The first kappa shape index (κ1) is 9.49. The predicted octanol–water partition coefficient (Wildman–Crippen LogP) is 1.50. The molecule has 4 nitrogen and oxygen atoms in total. The Hall–Kier alpha value is -1.06. The summed E-state index contributed by atoms with van der Waals surface area (Å²) in [5, 5.41) is 8.98. The van der Waals surface area contributed by atoms with Crippen LogP contribution >= 0.6 is 0 Å². The highest BCUT2D eigenvalue weighted by atomic mass is 16.4. The van der Waals surface area contributed by atoms with E-state index in [0.717, 1.165) is 25.7 Å². The van der Waals surface area contributed by atoms with Crippen molar-refractivity contribution in [1.29, 1.82) is 0 Å². The van der Waals surface area contributed by atoms with Crippen LogP contribution in [0.1, 0.15) is 32.1 Å². The standard InChI is InChI=1S/C10H15NO3/c12-9-5-1-4-8-7(9)3-2-6-11(8)10(13)14/h7-8H,1-6H2,(H,13,14). The highest BCUT2D eigenvalue weighted by Crippen LogP contribution is 2.32. The molecule has 2 fully saturated rings. The van der Waals surface area contributed by atoms with E-state index in [-0.39, 0.29) is 17.7 Å². The number of carbonyl (C=O) groups is 2. The van der Waals surface area contributed by atoms with Gasteiger partial charge < -0.3 is 10.0 Å². The van der Waals surface area contributed by atoms with E-state index in [1.807, 2.05) is 0 Å². The minimum absolute atomic E-state index is 0.00593. The number of rotatable bonds is 0. The van der Waals surface area contributed by atoms with Gasteiger partial charge >= 0.3 is 6.09 Å². The molecular formula is C10H15NO3. The first-order chi connectivity index (χ1) is 6.70. The minimum atomic E-state index is -0.866. The highest BCUT2D eigenvalue weighted by Gasteiger charge is 2.39. The molecule has 1 saturated heterocycles. The summed E-state index contributed by atoms with van der Waals surface area (Å²) in [5.41, 5.74) is 0. The maximum absolute atomic E-state index is 11.6. The molecule has 1 amide bonds. The maximum Gasteiger partial charge on any atom is 0.407 e. The molecule has 1 heterocycles. The summed E-state index contributed by atoms with van der Waals surface area (Å²) in [6, 6.07) is -0.0255. The minimum Gasteiger partial charge on any atom is -0.465 e.